The number of carbonyl (C=O) groups is 1. The van der Waals surface area contributed by atoms with Crippen LogP contribution in [0, 0.1) is 17.5 Å². The number of phenols is 1. The van der Waals surface area contributed by atoms with Gasteiger partial charge in [-0.3, -0.25) is 0 Å². The first-order chi connectivity index (χ1) is 14.9. The van der Waals surface area contributed by atoms with Crippen LogP contribution in [-0.2, 0) is 16.1 Å². The van der Waals surface area contributed by atoms with Crippen molar-refractivity contribution in [3.63, 3.8) is 0 Å². The van der Waals surface area contributed by atoms with E-state index in [9.17, 15) is 23.1 Å². The maximum Gasteiger partial charge on any atom is 0.344 e. The highest BCUT2D eigenvalue weighted by molar-refractivity contribution is 5.71. The molecule has 31 heavy (non-hydrogen) atoms. The molecule has 162 valence electrons. The molecule has 0 radical (unpaired) electrons. The molecule has 0 bridgehead atoms. The fourth-order valence-electron chi connectivity index (χ4n) is 2.95. The summed E-state index contributed by atoms with van der Waals surface area (Å²) in [6.07, 6.45) is 0. The first-order valence-corrected chi connectivity index (χ1v) is 9.46. The maximum atomic E-state index is 14.7. The van der Waals surface area contributed by atoms with E-state index in [0.717, 1.165) is 12.1 Å². The van der Waals surface area contributed by atoms with Crippen LogP contribution in [0.2, 0.25) is 0 Å². The Morgan fingerprint density at radius 2 is 1.84 bits per heavy atom. The van der Waals surface area contributed by atoms with Crippen molar-refractivity contribution in [2.75, 3.05) is 18.5 Å². The number of carbonyl (C=O) groups excluding carboxylic acids is 1. The van der Waals surface area contributed by atoms with Gasteiger partial charge in [-0.25, -0.2) is 18.0 Å². The second kappa shape index (κ2) is 9.88. The minimum Gasteiger partial charge on any atom is -0.508 e. The topological polar surface area (TPSA) is 67.8 Å². The molecule has 0 saturated carbocycles. The van der Waals surface area contributed by atoms with Crippen molar-refractivity contribution in [2.45, 2.75) is 13.5 Å². The van der Waals surface area contributed by atoms with Crippen LogP contribution >= 0.6 is 0 Å². The quantitative estimate of drug-likeness (QED) is 0.490. The van der Waals surface area contributed by atoms with E-state index < -0.39 is 35.7 Å². The van der Waals surface area contributed by atoms with Crippen LogP contribution in [0.4, 0.5) is 18.9 Å². The van der Waals surface area contributed by atoms with E-state index in [-0.39, 0.29) is 24.7 Å². The second-order valence-electron chi connectivity index (χ2n) is 6.58. The van der Waals surface area contributed by atoms with Crippen molar-refractivity contribution in [3.05, 3.63) is 77.6 Å². The third kappa shape index (κ3) is 5.69. The Hall–Kier alpha value is -3.68. The Balaban J connectivity index is 1.78. The third-order valence-corrected chi connectivity index (χ3v) is 4.31. The number of nitrogens with one attached hydrogen (secondary N) is 1. The highest BCUT2D eigenvalue weighted by Gasteiger charge is 2.16. The van der Waals surface area contributed by atoms with Crippen molar-refractivity contribution in [3.8, 4) is 22.6 Å². The number of phenolic OH excluding ortho intramolecular Hbond substituents is 1. The van der Waals surface area contributed by atoms with E-state index in [1.54, 1.807) is 25.1 Å². The van der Waals surface area contributed by atoms with Gasteiger partial charge in [-0.05, 0) is 66.1 Å². The van der Waals surface area contributed by atoms with Gasteiger partial charge in [0.05, 0.1) is 6.61 Å². The minimum atomic E-state index is -1.00. The van der Waals surface area contributed by atoms with E-state index in [0.29, 0.717) is 16.7 Å². The number of ether oxygens (including phenoxy) is 2. The van der Waals surface area contributed by atoms with E-state index >= 15 is 0 Å². The molecule has 0 unspecified atom stereocenters. The summed E-state index contributed by atoms with van der Waals surface area (Å²) in [4.78, 5) is 11.4. The van der Waals surface area contributed by atoms with Crippen LogP contribution in [0.3, 0.4) is 0 Å². The molecule has 3 aromatic carbocycles. The van der Waals surface area contributed by atoms with Gasteiger partial charge in [0.1, 0.15) is 23.1 Å². The molecule has 0 aliphatic carbocycles. The Bertz CT molecular complexity index is 1090. The van der Waals surface area contributed by atoms with Crippen LogP contribution in [0.5, 0.6) is 11.5 Å². The molecule has 0 aromatic heterocycles. The lowest BCUT2D eigenvalue weighted by atomic mass is 10.0. The molecule has 0 aliphatic heterocycles. The van der Waals surface area contributed by atoms with Crippen molar-refractivity contribution in [2.24, 2.45) is 0 Å². The predicted octanol–water partition coefficient (Wildman–Crippen LogP) is 5.03. The van der Waals surface area contributed by atoms with Crippen LogP contribution < -0.4 is 10.1 Å². The lowest BCUT2D eigenvalue weighted by molar-refractivity contribution is -0.145. The van der Waals surface area contributed by atoms with Crippen LogP contribution in [0.25, 0.3) is 11.1 Å². The Kier molecular flexibility index (Phi) is 7.02. The lowest BCUT2D eigenvalue weighted by Gasteiger charge is -2.13. The zero-order valence-electron chi connectivity index (χ0n) is 16.6. The van der Waals surface area contributed by atoms with E-state index in [2.05, 4.69) is 5.32 Å². The van der Waals surface area contributed by atoms with Crippen molar-refractivity contribution in [1.82, 2.24) is 0 Å². The van der Waals surface area contributed by atoms with Gasteiger partial charge in [-0.1, -0.05) is 12.1 Å². The van der Waals surface area contributed by atoms with Gasteiger partial charge in [0.25, 0.3) is 0 Å². The van der Waals surface area contributed by atoms with Crippen molar-refractivity contribution in [1.29, 1.82) is 0 Å². The monoisotopic (exact) mass is 431 g/mol. The number of rotatable bonds is 8. The predicted molar refractivity (Wildman–Crippen MR) is 109 cm³/mol. The average Bonchev–Trinajstić information content (AvgIpc) is 2.73. The summed E-state index contributed by atoms with van der Waals surface area (Å²) < 4.78 is 52.1. The second-order valence-corrected chi connectivity index (χ2v) is 6.58. The van der Waals surface area contributed by atoms with Gasteiger partial charge in [0.15, 0.2) is 18.2 Å². The number of benzene rings is 3. The molecule has 2 N–H and O–H groups in total. The summed E-state index contributed by atoms with van der Waals surface area (Å²) in [5.74, 6) is -3.35. The van der Waals surface area contributed by atoms with Crippen LogP contribution in [0.15, 0.2) is 54.6 Å². The van der Waals surface area contributed by atoms with Gasteiger partial charge < -0.3 is 19.9 Å². The summed E-state index contributed by atoms with van der Waals surface area (Å²) in [6.45, 7) is 1.23. The maximum absolute atomic E-state index is 14.7. The fraction of sp³-hybridized carbons (Fsp3) is 0.174. The fourth-order valence-corrected chi connectivity index (χ4v) is 2.95. The van der Waals surface area contributed by atoms with Gasteiger partial charge >= 0.3 is 5.97 Å². The molecule has 0 spiro atoms. The normalized spacial score (nSPS) is 10.6. The molecule has 0 aliphatic rings. The third-order valence-electron chi connectivity index (χ3n) is 4.31. The number of esters is 1. The molecule has 5 nitrogen and oxygen atoms in total. The number of aromatic hydroxyl groups is 1. The van der Waals surface area contributed by atoms with Gasteiger partial charge in [-0.15, -0.1) is 0 Å². The molecule has 0 atom stereocenters. The lowest BCUT2D eigenvalue weighted by Crippen LogP contribution is -2.15. The first kappa shape index (κ1) is 22.0. The summed E-state index contributed by atoms with van der Waals surface area (Å²) in [5.41, 5.74) is 1.15. The van der Waals surface area contributed by atoms with Gasteiger partial charge in [-0.2, -0.15) is 0 Å². The standard InChI is InChI=1S/C23H20F3NO4/c1-2-30-21(29)13-31-20-7-6-19(25)23(22(20)26)27-12-14-8-16(11-18(28)9-14)15-4-3-5-17(24)10-15/h3-11,27-28H,2,12-13H2,1H3. The van der Waals surface area contributed by atoms with Gasteiger partial charge in [0, 0.05) is 6.54 Å². The molecule has 0 fully saturated rings. The highest BCUT2D eigenvalue weighted by Crippen LogP contribution is 2.30. The summed E-state index contributed by atoms with van der Waals surface area (Å²) in [5, 5.41) is 12.6. The van der Waals surface area contributed by atoms with E-state index in [4.69, 9.17) is 9.47 Å². The summed E-state index contributed by atoms with van der Waals surface area (Å²) >= 11 is 0. The first-order valence-electron chi connectivity index (χ1n) is 9.46. The molecular weight excluding hydrogens is 411 g/mol. The molecule has 0 heterocycles. The number of hydrogen-bond acceptors (Lipinski definition) is 5. The van der Waals surface area contributed by atoms with Crippen molar-refractivity contribution >= 4 is 11.7 Å². The molecule has 3 rings (SSSR count). The zero-order chi connectivity index (χ0) is 22.4. The molecule has 0 saturated heterocycles. The average molecular weight is 431 g/mol. The molecular formula is C23H20F3NO4. The molecule has 8 heteroatoms. The Morgan fingerprint density at radius 1 is 1.03 bits per heavy atom. The highest BCUT2D eigenvalue weighted by atomic mass is 19.1. The van der Waals surface area contributed by atoms with Crippen LogP contribution in [-0.4, -0.2) is 24.3 Å². The number of anilines is 1. The number of hydrogen-bond donors (Lipinski definition) is 2. The SMILES string of the molecule is CCOC(=O)COc1ccc(F)c(NCc2cc(O)cc(-c3cccc(F)c3)c2)c1F. The van der Waals surface area contributed by atoms with E-state index in [1.165, 1.54) is 24.3 Å². The Labute approximate surface area is 177 Å². The molecule has 0 amide bonds. The molecule has 3 aromatic rings. The minimum absolute atomic E-state index is 0.0358. The smallest absolute Gasteiger partial charge is 0.344 e. The van der Waals surface area contributed by atoms with Crippen molar-refractivity contribution < 1.29 is 32.5 Å². The largest absolute Gasteiger partial charge is 0.508 e. The van der Waals surface area contributed by atoms with Gasteiger partial charge in [0.2, 0.25) is 0 Å². The van der Waals surface area contributed by atoms with Crippen LogP contribution in [0.1, 0.15) is 12.5 Å². The Morgan fingerprint density at radius 3 is 2.58 bits per heavy atom. The van der Waals surface area contributed by atoms with E-state index in [1.807, 2.05) is 0 Å². The number of halogens is 3. The zero-order valence-corrected chi connectivity index (χ0v) is 16.6. The summed E-state index contributed by atoms with van der Waals surface area (Å²) in [6, 6.07) is 12.5. The summed E-state index contributed by atoms with van der Waals surface area (Å²) in [7, 11) is 0.